The average molecular weight is 389 g/mol. The number of nitrogens with zero attached hydrogens (tertiary/aromatic N) is 3. The van der Waals surface area contributed by atoms with Crippen molar-refractivity contribution in [2.75, 3.05) is 18.1 Å². The largest absolute Gasteiger partial charge is 0.451 e. The van der Waals surface area contributed by atoms with Crippen LogP contribution in [-0.4, -0.2) is 59.3 Å². The summed E-state index contributed by atoms with van der Waals surface area (Å²) in [6, 6.07) is 8.83. The number of carbonyl (C=O) groups excluding carboxylic acids is 2. The zero-order chi connectivity index (χ0) is 19.3. The monoisotopic (exact) mass is 389 g/mol. The van der Waals surface area contributed by atoms with Crippen molar-refractivity contribution in [3.05, 3.63) is 60.2 Å². The molecule has 0 bridgehead atoms. The highest BCUT2D eigenvalue weighted by molar-refractivity contribution is 7.91. The minimum Gasteiger partial charge on any atom is -0.451 e. The van der Waals surface area contributed by atoms with Crippen molar-refractivity contribution >= 4 is 21.7 Å². The first-order chi connectivity index (χ1) is 12.9. The normalized spacial score (nSPS) is 18.0. The van der Waals surface area contributed by atoms with Gasteiger partial charge in [-0.3, -0.25) is 9.78 Å². The third-order valence-corrected chi connectivity index (χ3v) is 6.01. The molecule has 0 unspecified atom stereocenters. The van der Waals surface area contributed by atoms with Crippen molar-refractivity contribution in [3.8, 4) is 0 Å². The summed E-state index contributed by atoms with van der Waals surface area (Å²) in [5, 5.41) is 0. The molecule has 1 saturated heterocycles. The Morgan fingerprint density at radius 1 is 1.19 bits per heavy atom. The Kier molecular flexibility index (Phi) is 5.80. The maximum absolute atomic E-state index is 12.7. The van der Waals surface area contributed by atoms with Gasteiger partial charge in [-0.2, -0.15) is 0 Å². The first kappa shape index (κ1) is 19.0. The smallest absolute Gasteiger partial charge is 0.359 e. The lowest BCUT2D eigenvalue weighted by Gasteiger charge is -2.28. The van der Waals surface area contributed by atoms with Crippen LogP contribution in [0.3, 0.4) is 0 Å². The van der Waals surface area contributed by atoms with E-state index in [1.54, 1.807) is 0 Å². The van der Waals surface area contributed by atoms with Gasteiger partial charge in [0.2, 0.25) is 0 Å². The van der Waals surface area contributed by atoms with Crippen molar-refractivity contribution in [1.82, 2.24) is 14.9 Å². The molecule has 142 valence electrons. The fourth-order valence-corrected chi connectivity index (χ4v) is 4.64. The zero-order valence-corrected chi connectivity index (χ0v) is 15.3. The SMILES string of the molecule is O=C(OCC(=O)N(Cc1ccccc1)[C@@H]1CCS(=O)(=O)C1)c1cnccn1. The van der Waals surface area contributed by atoms with Crippen LogP contribution in [0.15, 0.2) is 48.9 Å². The van der Waals surface area contributed by atoms with E-state index in [4.69, 9.17) is 4.74 Å². The lowest BCUT2D eigenvalue weighted by atomic mass is 10.1. The molecule has 0 radical (unpaired) electrons. The number of esters is 1. The molecule has 1 fully saturated rings. The molecule has 3 rings (SSSR count). The number of rotatable bonds is 6. The topological polar surface area (TPSA) is 107 Å². The molecule has 9 heteroatoms. The number of carbonyl (C=O) groups is 2. The summed E-state index contributed by atoms with van der Waals surface area (Å²) in [7, 11) is -3.16. The van der Waals surface area contributed by atoms with Gasteiger partial charge in [0.1, 0.15) is 0 Å². The number of amides is 1. The van der Waals surface area contributed by atoms with E-state index in [-0.39, 0.29) is 23.7 Å². The Hall–Kier alpha value is -2.81. The van der Waals surface area contributed by atoms with Gasteiger partial charge >= 0.3 is 5.97 Å². The highest BCUT2D eigenvalue weighted by atomic mass is 32.2. The molecule has 8 nitrogen and oxygen atoms in total. The Morgan fingerprint density at radius 2 is 1.96 bits per heavy atom. The predicted molar refractivity (Wildman–Crippen MR) is 96.4 cm³/mol. The van der Waals surface area contributed by atoms with Crippen LogP contribution in [0.4, 0.5) is 0 Å². The van der Waals surface area contributed by atoms with Gasteiger partial charge in [0.05, 0.1) is 17.7 Å². The van der Waals surface area contributed by atoms with Crippen LogP contribution >= 0.6 is 0 Å². The Bertz CT molecular complexity index is 903. The molecular formula is C18H19N3O5S. The first-order valence-corrected chi connectivity index (χ1v) is 10.2. The van der Waals surface area contributed by atoms with Crippen LogP contribution in [0.1, 0.15) is 22.5 Å². The Labute approximate surface area is 157 Å². The van der Waals surface area contributed by atoms with Crippen LogP contribution in [0.5, 0.6) is 0 Å². The van der Waals surface area contributed by atoms with Gasteiger partial charge in [-0.1, -0.05) is 30.3 Å². The highest BCUT2D eigenvalue weighted by Gasteiger charge is 2.35. The van der Waals surface area contributed by atoms with Gasteiger partial charge in [0.15, 0.2) is 22.1 Å². The van der Waals surface area contributed by atoms with E-state index in [0.717, 1.165) is 5.56 Å². The summed E-state index contributed by atoms with van der Waals surface area (Å²) >= 11 is 0. The number of ether oxygens (including phenoxy) is 1. The standard InChI is InChI=1S/C18H19N3O5S/c22-17(12-26-18(23)16-10-19-7-8-20-16)21(11-14-4-2-1-3-5-14)15-6-9-27(24,25)13-15/h1-5,7-8,10,15H,6,9,11-13H2/t15-/m1/s1. The van der Waals surface area contributed by atoms with E-state index >= 15 is 0 Å². The van der Waals surface area contributed by atoms with Crippen molar-refractivity contribution in [1.29, 1.82) is 0 Å². The summed E-state index contributed by atoms with van der Waals surface area (Å²) < 4.78 is 28.7. The van der Waals surface area contributed by atoms with Crippen LogP contribution < -0.4 is 0 Å². The lowest BCUT2D eigenvalue weighted by molar-refractivity contribution is -0.137. The summed E-state index contributed by atoms with van der Waals surface area (Å²) in [6.45, 7) is -0.235. The molecule has 27 heavy (non-hydrogen) atoms. The predicted octanol–water partition coefficient (Wildman–Crippen LogP) is 0.849. The minimum atomic E-state index is -3.16. The molecule has 2 heterocycles. The van der Waals surface area contributed by atoms with E-state index in [1.807, 2.05) is 30.3 Å². The molecule has 1 aliphatic rings. The third-order valence-electron chi connectivity index (χ3n) is 4.26. The number of aromatic nitrogens is 2. The van der Waals surface area contributed by atoms with Crippen molar-refractivity contribution in [2.45, 2.75) is 19.0 Å². The molecule has 1 atom stereocenters. The zero-order valence-electron chi connectivity index (χ0n) is 14.5. The van der Waals surface area contributed by atoms with E-state index < -0.39 is 34.4 Å². The molecule has 2 aromatic rings. The maximum atomic E-state index is 12.7. The summed E-state index contributed by atoms with van der Waals surface area (Å²) in [6.07, 6.45) is 4.39. The lowest BCUT2D eigenvalue weighted by Crippen LogP contribution is -2.42. The van der Waals surface area contributed by atoms with Crippen LogP contribution in [0, 0.1) is 0 Å². The van der Waals surface area contributed by atoms with Crippen LogP contribution in [-0.2, 0) is 25.9 Å². The summed E-state index contributed by atoms with van der Waals surface area (Å²) in [5.41, 5.74) is 0.874. The Morgan fingerprint density at radius 3 is 2.59 bits per heavy atom. The van der Waals surface area contributed by atoms with Gasteiger partial charge in [-0.05, 0) is 12.0 Å². The van der Waals surface area contributed by atoms with Crippen LogP contribution in [0.25, 0.3) is 0 Å². The fourth-order valence-electron chi connectivity index (χ4n) is 2.91. The van der Waals surface area contributed by atoms with Gasteiger partial charge < -0.3 is 9.64 Å². The van der Waals surface area contributed by atoms with E-state index in [9.17, 15) is 18.0 Å². The molecule has 1 amide bonds. The average Bonchev–Trinajstić information content (AvgIpc) is 3.05. The fraction of sp³-hybridized carbons (Fsp3) is 0.333. The highest BCUT2D eigenvalue weighted by Crippen LogP contribution is 2.20. The minimum absolute atomic E-state index is 0.00311. The summed E-state index contributed by atoms with van der Waals surface area (Å²) in [5.74, 6) is -1.23. The second-order valence-electron chi connectivity index (χ2n) is 6.23. The number of benzene rings is 1. The van der Waals surface area contributed by atoms with Gasteiger partial charge in [-0.15, -0.1) is 0 Å². The molecular weight excluding hydrogens is 370 g/mol. The van der Waals surface area contributed by atoms with Gasteiger partial charge in [-0.25, -0.2) is 18.2 Å². The molecule has 0 saturated carbocycles. The number of hydrogen-bond acceptors (Lipinski definition) is 7. The third kappa shape index (κ3) is 5.10. The quantitative estimate of drug-likeness (QED) is 0.674. The van der Waals surface area contributed by atoms with E-state index in [2.05, 4.69) is 9.97 Å². The molecule has 1 aromatic carbocycles. The van der Waals surface area contributed by atoms with Gasteiger partial charge in [0.25, 0.3) is 5.91 Å². The Balaban J connectivity index is 1.69. The summed E-state index contributed by atoms with van der Waals surface area (Å²) in [4.78, 5) is 33.7. The second kappa shape index (κ2) is 8.26. The van der Waals surface area contributed by atoms with Crippen LogP contribution in [0.2, 0.25) is 0 Å². The van der Waals surface area contributed by atoms with Crippen molar-refractivity contribution in [2.24, 2.45) is 0 Å². The van der Waals surface area contributed by atoms with E-state index in [0.29, 0.717) is 6.42 Å². The molecule has 1 aromatic heterocycles. The van der Waals surface area contributed by atoms with Crippen molar-refractivity contribution < 1.29 is 22.7 Å². The molecule has 0 N–H and O–H groups in total. The number of hydrogen-bond donors (Lipinski definition) is 0. The number of sulfone groups is 1. The maximum Gasteiger partial charge on any atom is 0.359 e. The van der Waals surface area contributed by atoms with Gasteiger partial charge in [0, 0.05) is 25.0 Å². The molecule has 0 spiro atoms. The molecule has 0 aliphatic carbocycles. The molecule has 1 aliphatic heterocycles. The van der Waals surface area contributed by atoms with Crippen molar-refractivity contribution in [3.63, 3.8) is 0 Å². The van der Waals surface area contributed by atoms with E-state index in [1.165, 1.54) is 23.5 Å². The second-order valence-corrected chi connectivity index (χ2v) is 8.46. The first-order valence-electron chi connectivity index (χ1n) is 8.41.